The van der Waals surface area contributed by atoms with Gasteiger partial charge in [0.1, 0.15) is 0 Å². The van der Waals surface area contributed by atoms with Gasteiger partial charge in [0.25, 0.3) is 5.09 Å². The third kappa shape index (κ3) is 6.51. The minimum Gasteiger partial charge on any atom is -0.457 e. The third-order valence-electron chi connectivity index (χ3n) is 11.4. The van der Waals surface area contributed by atoms with Gasteiger partial charge in [0.2, 0.25) is 11.7 Å². The quantitative estimate of drug-likeness (QED) is 0.0845. The van der Waals surface area contributed by atoms with Crippen LogP contribution in [0, 0.1) is 38.7 Å². The summed E-state index contributed by atoms with van der Waals surface area (Å²) in [6.07, 6.45) is 5.07. The predicted molar refractivity (Wildman–Crippen MR) is 167 cm³/mol. The minimum atomic E-state index is -2.13. The summed E-state index contributed by atoms with van der Waals surface area (Å²) in [4.78, 5) is 78.3. The van der Waals surface area contributed by atoms with Gasteiger partial charge in [-0.1, -0.05) is 44.9 Å². The fourth-order valence-electron chi connectivity index (χ4n) is 8.98. The molecule has 0 radical (unpaired) electrons. The molecular formula is C34H47FN2O11. The number of ether oxygens (including phenoxy) is 2. The number of fused-ring (bicyclic) bond motifs is 5. The lowest BCUT2D eigenvalue weighted by Crippen LogP contribution is -2.69. The number of nitrogens with zero attached hydrogens (tertiary/aromatic N) is 1. The number of aliphatic hydroxyl groups excluding tert-OH is 1. The van der Waals surface area contributed by atoms with Gasteiger partial charge in [-0.05, 0) is 51.0 Å². The molecule has 0 bridgehead atoms. The highest BCUT2D eigenvalue weighted by atomic mass is 19.1. The monoisotopic (exact) mass is 678 g/mol. The summed E-state index contributed by atoms with van der Waals surface area (Å²) >= 11 is 0. The number of hydrogen-bond acceptors (Lipinski definition) is 11. The summed E-state index contributed by atoms with van der Waals surface area (Å²) < 4.78 is 28.9. The van der Waals surface area contributed by atoms with E-state index in [1.807, 2.05) is 6.08 Å². The molecule has 0 aromatic heterocycles. The van der Waals surface area contributed by atoms with Crippen molar-refractivity contribution >= 4 is 29.4 Å². The highest BCUT2D eigenvalue weighted by Crippen LogP contribution is 2.71. The zero-order chi connectivity index (χ0) is 35.5. The number of carbonyl (C=O) groups excluding carboxylic acids is 5. The number of ketones is 2. The smallest absolute Gasteiger partial charge is 0.308 e. The van der Waals surface area contributed by atoms with Crippen molar-refractivity contribution in [1.29, 1.82) is 0 Å². The Hall–Kier alpha value is -3.68. The van der Waals surface area contributed by atoms with Crippen LogP contribution in [0.2, 0.25) is 0 Å². The van der Waals surface area contributed by atoms with Crippen LogP contribution >= 0.6 is 0 Å². The number of unbranched alkanes of at least 4 members (excludes halogenated alkanes) is 2. The zero-order valence-electron chi connectivity index (χ0n) is 28.1. The van der Waals surface area contributed by atoms with Gasteiger partial charge in [-0.2, -0.15) is 0 Å². The van der Waals surface area contributed by atoms with Crippen molar-refractivity contribution in [3.63, 3.8) is 0 Å². The van der Waals surface area contributed by atoms with E-state index in [-0.39, 0.29) is 63.4 Å². The van der Waals surface area contributed by atoms with Gasteiger partial charge in [0, 0.05) is 48.5 Å². The van der Waals surface area contributed by atoms with E-state index < -0.39 is 75.4 Å². The topological polar surface area (TPSA) is 188 Å². The SMILES string of the molecule is CCC(=O)O[C@]1(C(=O)COC(=O)CCNC(=O)CCCCCO[N+](=O)[O-])[C@@H](C)C[C@H]2[C@@H]3CC=C4CC(=O)C=C[C@]4(C)[C@@]3(F)[C@@H](O)C[C@@]21C. The molecule has 4 rings (SSSR count). The molecule has 0 spiro atoms. The Morgan fingerprint density at radius 2 is 1.85 bits per heavy atom. The van der Waals surface area contributed by atoms with Gasteiger partial charge in [-0.15, -0.1) is 10.1 Å². The molecule has 0 heterocycles. The lowest BCUT2D eigenvalue weighted by Gasteiger charge is -2.62. The number of rotatable bonds is 15. The Morgan fingerprint density at radius 3 is 2.54 bits per heavy atom. The molecular weight excluding hydrogens is 631 g/mol. The number of hydrogen-bond donors (Lipinski definition) is 2. The molecule has 2 N–H and O–H groups in total. The highest BCUT2D eigenvalue weighted by Gasteiger charge is 2.77. The van der Waals surface area contributed by atoms with Gasteiger partial charge >= 0.3 is 11.9 Å². The summed E-state index contributed by atoms with van der Waals surface area (Å²) in [5.74, 6) is -4.31. The largest absolute Gasteiger partial charge is 0.457 e. The van der Waals surface area contributed by atoms with Gasteiger partial charge in [-0.25, -0.2) is 4.39 Å². The van der Waals surface area contributed by atoms with Crippen LogP contribution in [0.15, 0.2) is 23.8 Å². The first-order chi connectivity index (χ1) is 22.6. The van der Waals surface area contributed by atoms with Gasteiger partial charge in [0.15, 0.2) is 23.7 Å². The molecule has 0 aliphatic heterocycles. The summed E-state index contributed by atoms with van der Waals surface area (Å²) in [7, 11) is 0. The average Bonchev–Trinajstić information content (AvgIpc) is 3.24. The van der Waals surface area contributed by atoms with E-state index in [0.29, 0.717) is 31.3 Å². The van der Waals surface area contributed by atoms with Crippen LogP contribution in [-0.4, -0.2) is 76.7 Å². The summed E-state index contributed by atoms with van der Waals surface area (Å²) in [5, 5.41) is 23.6. The molecule has 266 valence electrons. The summed E-state index contributed by atoms with van der Waals surface area (Å²) in [6, 6.07) is 0. The number of amides is 1. The molecule has 1 amide bonds. The molecule has 0 saturated heterocycles. The second-order valence-electron chi connectivity index (χ2n) is 14.0. The highest BCUT2D eigenvalue weighted by molar-refractivity contribution is 5.94. The van der Waals surface area contributed by atoms with E-state index in [0.717, 1.165) is 0 Å². The average molecular weight is 679 g/mol. The number of carbonyl (C=O) groups is 5. The molecule has 4 aliphatic rings. The molecule has 0 aromatic rings. The van der Waals surface area contributed by atoms with Crippen molar-refractivity contribution < 1.29 is 52.9 Å². The second kappa shape index (κ2) is 14.4. The number of aliphatic hydroxyl groups is 1. The maximum absolute atomic E-state index is 17.6. The van der Waals surface area contributed by atoms with E-state index in [1.54, 1.807) is 33.8 Å². The molecule has 4 aliphatic carbocycles. The van der Waals surface area contributed by atoms with Crippen molar-refractivity contribution in [3.05, 3.63) is 33.9 Å². The van der Waals surface area contributed by atoms with Gasteiger partial charge in [-0.3, -0.25) is 24.0 Å². The van der Waals surface area contributed by atoms with Crippen LogP contribution in [0.1, 0.15) is 91.9 Å². The van der Waals surface area contributed by atoms with Crippen molar-refractivity contribution in [2.45, 2.75) is 109 Å². The van der Waals surface area contributed by atoms with E-state index in [9.17, 15) is 39.2 Å². The minimum absolute atomic E-state index is 0.0311. The van der Waals surface area contributed by atoms with Gasteiger partial charge < -0.3 is 24.7 Å². The first kappa shape index (κ1) is 37.1. The Bertz CT molecular complexity index is 1380. The second-order valence-corrected chi connectivity index (χ2v) is 14.0. The third-order valence-corrected chi connectivity index (χ3v) is 11.4. The number of Topliss-reactive ketones (excluding diaryl/α,β-unsaturated/α-hetero) is 1. The lowest BCUT2D eigenvalue weighted by atomic mass is 9.45. The van der Waals surface area contributed by atoms with Crippen LogP contribution in [0.4, 0.5) is 4.39 Å². The standard InChI is InChI=1S/C34H47FN2O11/c1-5-29(42)48-34(27(40)20-46-30(43)13-15-36-28(41)9-7-6-8-16-47-37(44)45)21(2)17-25-24-11-10-22-18-23(38)12-14-31(22,3)33(24,35)26(39)19-32(25,34)4/h10,12,14,21,24-26,39H,5-9,11,13,15-20H2,1-4H3,(H,36,41)/t21-,24-,25-,26-,31-,32-,33-,34-/m0/s1. The maximum atomic E-state index is 17.6. The normalized spacial score (nSPS) is 35.0. The van der Waals surface area contributed by atoms with Crippen LogP contribution < -0.4 is 5.32 Å². The Labute approximate surface area is 279 Å². The van der Waals surface area contributed by atoms with Crippen LogP contribution in [0.3, 0.4) is 0 Å². The molecule has 0 aromatic carbocycles. The Morgan fingerprint density at radius 1 is 1.12 bits per heavy atom. The number of allylic oxidation sites excluding steroid dienone is 4. The Kier molecular flexibility index (Phi) is 11.2. The first-order valence-corrected chi connectivity index (χ1v) is 16.8. The molecule has 48 heavy (non-hydrogen) atoms. The van der Waals surface area contributed by atoms with E-state index in [4.69, 9.17) is 9.47 Å². The number of esters is 2. The zero-order valence-corrected chi connectivity index (χ0v) is 28.1. The van der Waals surface area contributed by atoms with Crippen molar-refractivity contribution in [1.82, 2.24) is 5.32 Å². The number of halogens is 1. The van der Waals surface area contributed by atoms with Crippen LogP contribution in [0.5, 0.6) is 0 Å². The first-order valence-electron chi connectivity index (χ1n) is 16.8. The predicted octanol–water partition coefficient (Wildman–Crippen LogP) is 3.68. The fraction of sp³-hybridized carbons (Fsp3) is 0.735. The molecule has 13 nitrogen and oxygen atoms in total. The molecule has 2 saturated carbocycles. The van der Waals surface area contributed by atoms with Gasteiger partial charge in [0.05, 0.1) is 19.1 Å². The molecule has 0 unspecified atom stereocenters. The van der Waals surface area contributed by atoms with Crippen molar-refractivity contribution in [3.8, 4) is 0 Å². The van der Waals surface area contributed by atoms with Crippen LogP contribution in [-0.2, 0) is 38.3 Å². The summed E-state index contributed by atoms with van der Waals surface area (Å²) in [6.45, 7) is 6.00. The fourth-order valence-corrected chi connectivity index (χ4v) is 8.98. The van der Waals surface area contributed by atoms with Crippen LogP contribution in [0.25, 0.3) is 0 Å². The number of nitrogens with one attached hydrogen (secondary N) is 1. The van der Waals surface area contributed by atoms with Crippen molar-refractivity contribution in [2.75, 3.05) is 19.8 Å². The molecule has 2 fully saturated rings. The number of alkyl halides is 1. The molecule has 14 heteroatoms. The van der Waals surface area contributed by atoms with E-state index in [1.165, 1.54) is 6.08 Å². The van der Waals surface area contributed by atoms with E-state index >= 15 is 4.39 Å². The summed E-state index contributed by atoms with van der Waals surface area (Å²) in [5.41, 5.74) is -5.71. The lowest BCUT2D eigenvalue weighted by molar-refractivity contribution is -0.757. The van der Waals surface area contributed by atoms with E-state index in [2.05, 4.69) is 10.2 Å². The Balaban J connectivity index is 1.44. The molecule has 8 atom stereocenters. The maximum Gasteiger partial charge on any atom is 0.308 e. The van der Waals surface area contributed by atoms with Crippen molar-refractivity contribution in [2.24, 2.45) is 28.6 Å².